The van der Waals surface area contributed by atoms with Gasteiger partial charge >= 0.3 is 0 Å². The van der Waals surface area contributed by atoms with Crippen LogP contribution in [0.4, 0.5) is 30.6 Å². The second kappa shape index (κ2) is 9.64. The third kappa shape index (κ3) is 5.52. The van der Waals surface area contributed by atoms with Crippen molar-refractivity contribution >= 4 is 23.4 Å². The van der Waals surface area contributed by atoms with Gasteiger partial charge in [0.25, 0.3) is 0 Å². The summed E-state index contributed by atoms with van der Waals surface area (Å²) in [5.74, 6) is -2.61. The number of carbonyl (C=O) groups is 1. The highest BCUT2D eigenvalue weighted by molar-refractivity contribution is 5.76. The third-order valence-corrected chi connectivity index (χ3v) is 4.70. The number of rotatable bonds is 8. The summed E-state index contributed by atoms with van der Waals surface area (Å²) in [6.07, 6.45) is 5.38. The number of hydrogen-bond donors (Lipinski definition) is 3. The van der Waals surface area contributed by atoms with Gasteiger partial charge in [0.1, 0.15) is 29.8 Å². The monoisotopic (exact) mass is 447 g/mol. The second-order valence-electron chi connectivity index (χ2n) is 7.15. The van der Waals surface area contributed by atoms with E-state index in [1.807, 2.05) is 0 Å². The Bertz CT molecular complexity index is 1080. The molecule has 2 aromatic heterocycles. The van der Waals surface area contributed by atoms with Crippen LogP contribution in [0.2, 0.25) is 0 Å². The Morgan fingerprint density at radius 1 is 1.25 bits per heavy atom. The predicted molar refractivity (Wildman–Crippen MR) is 109 cm³/mol. The SMILES string of the molecule is O=C(Cn1cc(Nc2nccc(NCc3c(F)cc(F)cc3F)n2)cn1)N[C@@H]1CCOC1. The first-order chi connectivity index (χ1) is 15.5. The van der Waals surface area contributed by atoms with Crippen LogP contribution in [0.3, 0.4) is 0 Å². The van der Waals surface area contributed by atoms with E-state index in [9.17, 15) is 18.0 Å². The average Bonchev–Trinajstić information content (AvgIpc) is 3.39. The van der Waals surface area contributed by atoms with Crippen LogP contribution in [0.1, 0.15) is 12.0 Å². The number of ether oxygens (including phenoxy) is 1. The van der Waals surface area contributed by atoms with Crippen molar-refractivity contribution in [2.45, 2.75) is 25.6 Å². The maximum Gasteiger partial charge on any atom is 0.242 e. The van der Waals surface area contributed by atoms with E-state index >= 15 is 0 Å². The van der Waals surface area contributed by atoms with E-state index in [1.165, 1.54) is 23.1 Å². The molecule has 12 heteroatoms. The zero-order chi connectivity index (χ0) is 22.5. The minimum atomic E-state index is -0.987. The highest BCUT2D eigenvalue weighted by Crippen LogP contribution is 2.18. The standard InChI is InChI=1S/C20H20F3N7O2/c21-12-5-16(22)15(17(23)6-12)8-25-18-1-3-24-20(29-18)28-14-7-26-30(9-14)10-19(31)27-13-2-4-32-11-13/h1,3,5-7,9,13H,2,4,8,10-11H2,(H,27,31)(H2,24,25,28,29)/t13-/m1/s1. The first-order valence-electron chi connectivity index (χ1n) is 9.83. The molecule has 0 unspecified atom stereocenters. The van der Waals surface area contributed by atoms with Crippen LogP contribution >= 0.6 is 0 Å². The lowest BCUT2D eigenvalue weighted by atomic mass is 10.2. The van der Waals surface area contributed by atoms with E-state index in [-0.39, 0.29) is 36.6 Å². The van der Waals surface area contributed by atoms with Gasteiger partial charge in [0.2, 0.25) is 11.9 Å². The van der Waals surface area contributed by atoms with Gasteiger partial charge in [-0.15, -0.1) is 0 Å². The third-order valence-electron chi connectivity index (χ3n) is 4.70. The average molecular weight is 447 g/mol. The summed E-state index contributed by atoms with van der Waals surface area (Å²) in [5, 5.41) is 12.7. The molecular formula is C20H20F3N7O2. The molecule has 1 saturated heterocycles. The number of benzene rings is 1. The summed E-state index contributed by atoms with van der Waals surface area (Å²) in [7, 11) is 0. The molecular weight excluding hydrogens is 427 g/mol. The molecule has 0 spiro atoms. The van der Waals surface area contributed by atoms with Gasteiger partial charge in [0, 0.05) is 43.2 Å². The zero-order valence-corrected chi connectivity index (χ0v) is 16.8. The normalized spacial score (nSPS) is 15.5. The fourth-order valence-electron chi connectivity index (χ4n) is 3.15. The first-order valence-corrected chi connectivity index (χ1v) is 9.83. The van der Waals surface area contributed by atoms with Crippen molar-refractivity contribution in [2.75, 3.05) is 23.8 Å². The van der Waals surface area contributed by atoms with Crippen molar-refractivity contribution in [3.63, 3.8) is 0 Å². The van der Waals surface area contributed by atoms with Gasteiger partial charge in [-0.05, 0) is 12.5 Å². The maximum atomic E-state index is 13.8. The number of anilines is 3. The van der Waals surface area contributed by atoms with E-state index < -0.39 is 17.5 Å². The number of amides is 1. The lowest BCUT2D eigenvalue weighted by Gasteiger charge is -2.10. The summed E-state index contributed by atoms with van der Waals surface area (Å²) in [6, 6.07) is 2.78. The van der Waals surface area contributed by atoms with E-state index in [0.29, 0.717) is 36.9 Å². The van der Waals surface area contributed by atoms with Crippen molar-refractivity contribution < 1.29 is 22.7 Å². The van der Waals surface area contributed by atoms with Gasteiger partial charge in [-0.1, -0.05) is 0 Å². The molecule has 32 heavy (non-hydrogen) atoms. The van der Waals surface area contributed by atoms with Crippen molar-refractivity contribution in [3.8, 4) is 0 Å². The number of nitrogens with zero attached hydrogens (tertiary/aromatic N) is 4. The van der Waals surface area contributed by atoms with E-state index in [4.69, 9.17) is 4.74 Å². The summed E-state index contributed by atoms with van der Waals surface area (Å²) in [5.41, 5.74) is 0.248. The minimum absolute atomic E-state index is 0.0242. The summed E-state index contributed by atoms with van der Waals surface area (Å²) >= 11 is 0. The Hall–Kier alpha value is -3.67. The lowest BCUT2D eigenvalue weighted by Crippen LogP contribution is -2.37. The van der Waals surface area contributed by atoms with Crippen molar-refractivity contribution in [1.82, 2.24) is 25.1 Å². The fraction of sp³-hybridized carbons (Fsp3) is 0.300. The number of aromatic nitrogens is 4. The Balaban J connectivity index is 1.33. The smallest absolute Gasteiger partial charge is 0.242 e. The second-order valence-corrected chi connectivity index (χ2v) is 7.15. The van der Waals surface area contributed by atoms with Crippen LogP contribution in [0.15, 0.2) is 36.8 Å². The van der Waals surface area contributed by atoms with Crippen molar-refractivity contribution in [1.29, 1.82) is 0 Å². The molecule has 1 aliphatic heterocycles. The van der Waals surface area contributed by atoms with Crippen LogP contribution in [0.25, 0.3) is 0 Å². The molecule has 1 aromatic carbocycles. The molecule has 3 aromatic rings. The quantitative estimate of drug-likeness (QED) is 0.487. The molecule has 0 bridgehead atoms. The molecule has 9 nitrogen and oxygen atoms in total. The van der Waals surface area contributed by atoms with Crippen LogP contribution in [0, 0.1) is 17.5 Å². The van der Waals surface area contributed by atoms with Gasteiger partial charge in [0.05, 0.1) is 24.5 Å². The summed E-state index contributed by atoms with van der Waals surface area (Å²) in [6.45, 7) is 0.977. The number of carbonyl (C=O) groups excluding carboxylic acids is 1. The van der Waals surface area contributed by atoms with Crippen LogP contribution < -0.4 is 16.0 Å². The molecule has 1 fully saturated rings. The molecule has 3 N–H and O–H groups in total. The van der Waals surface area contributed by atoms with Gasteiger partial charge < -0.3 is 20.7 Å². The lowest BCUT2D eigenvalue weighted by molar-refractivity contribution is -0.122. The van der Waals surface area contributed by atoms with Crippen molar-refractivity contribution in [2.24, 2.45) is 0 Å². The highest BCUT2D eigenvalue weighted by atomic mass is 19.1. The van der Waals surface area contributed by atoms with E-state index in [1.54, 1.807) is 6.20 Å². The minimum Gasteiger partial charge on any atom is -0.379 e. The Morgan fingerprint density at radius 2 is 2.06 bits per heavy atom. The van der Waals surface area contributed by atoms with Crippen LogP contribution in [-0.4, -0.2) is 44.9 Å². The fourth-order valence-corrected chi connectivity index (χ4v) is 3.15. The molecule has 168 valence electrons. The summed E-state index contributed by atoms with van der Waals surface area (Å²) in [4.78, 5) is 20.4. The number of hydrogen-bond acceptors (Lipinski definition) is 7. The van der Waals surface area contributed by atoms with Crippen molar-refractivity contribution in [3.05, 3.63) is 59.8 Å². The topological polar surface area (TPSA) is 106 Å². The predicted octanol–water partition coefficient (Wildman–Crippen LogP) is 2.35. The first kappa shape index (κ1) is 21.6. The molecule has 0 radical (unpaired) electrons. The Labute approximate surface area is 181 Å². The molecule has 3 heterocycles. The van der Waals surface area contributed by atoms with Crippen LogP contribution in [0.5, 0.6) is 0 Å². The van der Waals surface area contributed by atoms with E-state index in [0.717, 1.165) is 6.42 Å². The molecule has 0 saturated carbocycles. The van der Waals surface area contributed by atoms with E-state index in [2.05, 4.69) is 31.0 Å². The van der Waals surface area contributed by atoms with Gasteiger partial charge in [-0.3, -0.25) is 9.48 Å². The zero-order valence-electron chi connectivity index (χ0n) is 16.8. The van der Waals surface area contributed by atoms with Gasteiger partial charge in [-0.2, -0.15) is 10.1 Å². The number of nitrogens with one attached hydrogen (secondary N) is 3. The number of halogens is 3. The molecule has 1 aliphatic rings. The molecule has 0 aliphatic carbocycles. The van der Waals surface area contributed by atoms with Crippen LogP contribution in [-0.2, 0) is 22.6 Å². The highest BCUT2D eigenvalue weighted by Gasteiger charge is 2.18. The molecule has 1 atom stereocenters. The Kier molecular flexibility index (Phi) is 6.50. The summed E-state index contributed by atoms with van der Waals surface area (Å²) < 4.78 is 47.3. The maximum absolute atomic E-state index is 13.8. The molecule has 1 amide bonds. The molecule has 4 rings (SSSR count). The largest absolute Gasteiger partial charge is 0.379 e. The van der Waals surface area contributed by atoms with Gasteiger partial charge in [0.15, 0.2) is 0 Å². The Morgan fingerprint density at radius 3 is 2.81 bits per heavy atom. The van der Waals surface area contributed by atoms with Gasteiger partial charge in [-0.25, -0.2) is 18.2 Å².